The van der Waals surface area contributed by atoms with Crippen molar-refractivity contribution in [2.75, 3.05) is 27.2 Å². The number of methoxy groups -OCH3 is 1. The molecule has 0 aromatic heterocycles. The zero-order valence-electron chi connectivity index (χ0n) is 16.1. The third kappa shape index (κ3) is 6.40. The largest absolute Gasteiger partial charge is 0.496 e. The number of nitrogens with one attached hydrogen (secondary N) is 3. The molecule has 2 aromatic carbocycles. The fraction of sp³-hybridized carbons (Fsp3) is 0.316. The van der Waals surface area contributed by atoms with Crippen LogP contribution in [-0.2, 0) is 16.6 Å². The lowest BCUT2D eigenvalue weighted by Gasteiger charge is -2.14. The van der Waals surface area contributed by atoms with E-state index in [1.807, 2.05) is 25.1 Å². The summed E-state index contributed by atoms with van der Waals surface area (Å²) in [4.78, 5) is 4.27. The van der Waals surface area contributed by atoms with Crippen LogP contribution in [0.5, 0.6) is 5.75 Å². The summed E-state index contributed by atoms with van der Waals surface area (Å²) in [5, 5.41) is 6.62. The Balaban J connectivity index is 1.83. The van der Waals surface area contributed by atoms with Gasteiger partial charge in [0, 0.05) is 37.3 Å². The smallest absolute Gasteiger partial charge is 0.240 e. The minimum Gasteiger partial charge on any atom is -0.496 e. The SMILES string of the molecule is CN=C(NCCNS(=O)(=O)c1cccc(Cl)c1)NCc1ccc(C)cc1OC. The van der Waals surface area contributed by atoms with Crippen LogP contribution in [0.4, 0.5) is 0 Å². The van der Waals surface area contributed by atoms with E-state index in [0.29, 0.717) is 24.1 Å². The molecule has 0 atom stereocenters. The molecule has 0 spiro atoms. The van der Waals surface area contributed by atoms with Crippen LogP contribution in [0.15, 0.2) is 52.4 Å². The Morgan fingerprint density at radius 1 is 1.14 bits per heavy atom. The number of guanidine groups is 1. The summed E-state index contributed by atoms with van der Waals surface area (Å²) in [5.74, 6) is 1.36. The summed E-state index contributed by atoms with van der Waals surface area (Å²) >= 11 is 5.85. The lowest BCUT2D eigenvalue weighted by Crippen LogP contribution is -2.41. The van der Waals surface area contributed by atoms with Gasteiger partial charge < -0.3 is 15.4 Å². The molecule has 0 saturated heterocycles. The number of hydrogen-bond acceptors (Lipinski definition) is 4. The number of sulfonamides is 1. The molecule has 0 heterocycles. The van der Waals surface area contributed by atoms with Crippen molar-refractivity contribution in [3.05, 3.63) is 58.6 Å². The summed E-state index contributed by atoms with van der Waals surface area (Å²) in [6.45, 7) is 3.09. The first-order valence-corrected chi connectivity index (χ1v) is 10.5. The molecule has 0 amide bonds. The number of nitrogens with zero attached hydrogens (tertiary/aromatic N) is 1. The molecule has 0 radical (unpaired) electrons. The maximum atomic E-state index is 12.3. The zero-order valence-corrected chi connectivity index (χ0v) is 17.7. The van der Waals surface area contributed by atoms with E-state index in [1.165, 1.54) is 12.1 Å². The van der Waals surface area contributed by atoms with Crippen LogP contribution in [0.25, 0.3) is 0 Å². The van der Waals surface area contributed by atoms with Crippen LogP contribution in [0.1, 0.15) is 11.1 Å². The molecule has 2 rings (SSSR count). The van der Waals surface area contributed by atoms with Crippen LogP contribution < -0.4 is 20.1 Å². The molecule has 9 heteroatoms. The summed E-state index contributed by atoms with van der Waals surface area (Å²) < 4.78 is 32.4. The van der Waals surface area contributed by atoms with Crippen molar-refractivity contribution in [3.8, 4) is 5.75 Å². The van der Waals surface area contributed by atoms with Gasteiger partial charge in [-0.1, -0.05) is 29.8 Å². The molecule has 7 nitrogen and oxygen atoms in total. The van der Waals surface area contributed by atoms with Crippen molar-refractivity contribution in [1.29, 1.82) is 0 Å². The third-order valence-electron chi connectivity index (χ3n) is 3.93. The molecule has 2 aromatic rings. The molecule has 0 aliphatic carbocycles. The van der Waals surface area contributed by atoms with Gasteiger partial charge in [0.1, 0.15) is 5.75 Å². The van der Waals surface area contributed by atoms with Gasteiger partial charge in [-0.05, 0) is 36.8 Å². The fourth-order valence-electron chi connectivity index (χ4n) is 2.48. The van der Waals surface area contributed by atoms with Crippen molar-refractivity contribution < 1.29 is 13.2 Å². The number of rotatable bonds is 8. The Morgan fingerprint density at radius 3 is 2.61 bits per heavy atom. The average Bonchev–Trinajstić information content (AvgIpc) is 2.68. The van der Waals surface area contributed by atoms with Gasteiger partial charge >= 0.3 is 0 Å². The van der Waals surface area contributed by atoms with Gasteiger partial charge in [0.2, 0.25) is 10.0 Å². The molecule has 0 saturated carbocycles. The van der Waals surface area contributed by atoms with Gasteiger partial charge in [0.15, 0.2) is 5.96 Å². The first-order valence-electron chi connectivity index (χ1n) is 8.69. The Labute approximate surface area is 171 Å². The third-order valence-corrected chi connectivity index (χ3v) is 5.62. The number of halogens is 1. The molecule has 152 valence electrons. The van der Waals surface area contributed by atoms with Crippen LogP contribution in [0, 0.1) is 6.92 Å². The lowest BCUT2D eigenvalue weighted by molar-refractivity contribution is 0.408. The highest BCUT2D eigenvalue weighted by Gasteiger charge is 2.13. The predicted octanol–water partition coefficient (Wildman–Crippen LogP) is 2.30. The summed E-state index contributed by atoms with van der Waals surface area (Å²) in [6.07, 6.45) is 0. The van der Waals surface area contributed by atoms with Crippen LogP contribution >= 0.6 is 11.6 Å². The number of ether oxygens (including phenoxy) is 1. The van der Waals surface area contributed by atoms with Crippen LogP contribution in [0.2, 0.25) is 5.02 Å². The second-order valence-electron chi connectivity index (χ2n) is 6.02. The number of hydrogen-bond donors (Lipinski definition) is 3. The van der Waals surface area contributed by atoms with E-state index in [0.717, 1.165) is 16.9 Å². The van der Waals surface area contributed by atoms with E-state index >= 15 is 0 Å². The maximum Gasteiger partial charge on any atom is 0.240 e. The standard InChI is InChI=1S/C19H25ClN4O3S/c1-14-7-8-15(18(11-14)27-3)13-23-19(21-2)22-9-10-24-28(25,26)17-6-4-5-16(20)12-17/h4-8,11-12,24H,9-10,13H2,1-3H3,(H2,21,22,23). The van der Waals surface area contributed by atoms with E-state index in [2.05, 4.69) is 20.3 Å². The van der Waals surface area contributed by atoms with Gasteiger partial charge in [-0.15, -0.1) is 0 Å². The fourth-order valence-corrected chi connectivity index (χ4v) is 3.81. The van der Waals surface area contributed by atoms with E-state index < -0.39 is 10.0 Å². The number of aliphatic imine (C=N–C) groups is 1. The molecule has 0 aliphatic heterocycles. The first-order chi connectivity index (χ1) is 13.4. The summed E-state index contributed by atoms with van der Waals surface area (Å²) in [6, 6.07) is 12.1. The molecular formula is C19H25ClN4O3S. The second-order valence-corrected chi connectivity index (χ2v) is 8.23. The van der Waals surface area contributed by atoms with Gasteiger partial charge in [-0.3, -0.25) is 4.99 Å². The highest BCUT2D eigenvalue weighted by atomic mass is 35.5. The molecular weight excluding hydrogens is 400 g/mol. The molecule has 0 unspecified atom stereocenters. The Morgan fingerprint density at radius 2 is 1.93 bits per heavy atom. The highest BCUT2D eigenvalue weighted by Crippen LogP contribution is 2.19. The second kappa shape index (κ2) is 10.3. The molecule has 0 bridgehead atoms. The number of benzene rings is 2. The van der Waals surface area contributed by atoms with Gasteiger partial charge in [0.05, 0.1) is 12.0 Å². The van der Waals surface area contributed by atoms with Gasteiger partial charge in [-0.25, -0.2) is 13.1 Å². The van der Waals surface area contributed by atoms with Crippen molar-refractivity contribution in [2.24, 2.45) is 4.99 Å². The van der Waals surface area contributed by atoms with Crippen molar-refractivity contribution >= 4 is 27.6 Å². The maximum absolute atomic E-state index is 12.3. The molecule has 3 N–H and O–H groups in total. The van der Waals surface area contributed by atoms with E-state index in [4.69, 9.17) is 16.3 Å². The monoisotopic (exact) mass is 424 g/mol. The first kappa shape index (κ1) is 22.0. The quantitative estimate of drug-likeness (QED) is 0.343. The Hall–Kier alpha value is -2.29. The van der Waals surface area contributed by atoms with Crippen LogP contribution in [0.3, 0.4) is 0 Å². The van der Waals surface area contributed by atoms with E-state index in [-0.39, 0.29) is 11.4 Å². The topological polar surface area (TPSA) is 91.8 Å². The minimum absolute atomic E-state index is 0.133. The summed E-state index contributed by atoms with van der Waals surface area (Å²) in [5.41, 5.74) is 2.12. The normalized spacial score (nSPS) is 11.9. The average molecular weight is 425 g/mol. The number of aryl methyl sites for hydroxylation is 1. The molecule has 0 aliphatic rings. The predicted molar refractivity (Wildman–Crippen MR) is 113 cm³/mol. The van der Waals surface area contributed by atoms with Crippen molar-refractivity contribution in [3.63, 3.8) is 0 Å². The van der Waals surface area contributed by atoms with Crippen molar-refractivity contribution in [2.45, 2.75) is 18.4 Å². The van der Waals surface area contributed by atoms with Gasteiger partial charge in [0.25, 0.3) is 0 Å². The molecule has 0 fully saturated rings. The lowest BCUT2D eigenvalue weighted by atomic mass is 10.1. The summed E-state index contributed by atoms with van der Waals surface area (Å²) in [7, 11) is -0.320. The van der Waals surface area contributed by atoms with E-state index in [9.17, 15) is 8.42 Å². The minimum atomic E-state index is -3.61. The Kier molecular flexibility index (Phi) is 8.10. The van der Waals surface area contributed by atoms with Crippen LogP contribution in [-0.4, -0.2) is 41.6 Å². The van der Waals surface area contributed by atoms with Crippen molar-refractivity contribution in [1.82, 2.24) is 15.4 Å². The zero-order chi connectivity index (χ0) is 20.6. The van der Waals surface area contributed by atoms with Gasteiger partial charge in [-0.2, -0.15) is 0 Å². The molecule has 28 heavy (non-hydrogen) atoms. The Bertz CT molecular complexity index is 933. The van der Waals surface area contributed by atoms with E-state index in [1.54, 1.807) is 26.3 Å². The highest BCUT2D eigenvalue weighted by molar-refractivity contribution is 7.89.